The Labute approximate surface area is 162 Å². The number of carbonyl (C=O) groups is 1. The third-order valence-corrected chi connectivity index (χ3v) is 5.21. The van der Waals surface area contributed by atoms with E-state index in [0.29, 0.717) is 5.69 Å². The van der Waals surface area contributed by atoms with Gasteiger partial charge in [-0.05, 0) is 51.1 Å². The van der Waals surface area contributed by atoms with Crippen LogP contribution < -0.4 is 14.8 Å². The van der Waals surface area contributed by atoms with Crippen molar-refractivity contribution in [2.75, 3.05) is 5.32 Å². The van der Waals surface area contributed by atoms with Crippen molar-refractivity contribution in [2.45, 2.75) is 37.8 Å². The predicted octanol–water partition coefficient (Wildman–Crippen LogP) is 2.69. The van der Waals surface area contributed by atoms with Crippen LogP contribution in [0.4, 0.5) is 11.4 Å². The number of benzene rings is 2. The van der Waals surface area contributed by atoms with Crippen LogP contribution in [0.25, 0.3) is 0 Å². The Morgan fingerprint density at radius 3 is 2.32 bits per heavy atom. The molecule has 0 aromatic heterocycles. The Morgan fingerprint density at radius 2 is 1.75 bits per heavy atom. The molecule has 1 amide bonds. The van der Waals surface area contributed by atoms with Gasteiger partial charge in [0.15, 0.2) is 6.10 Å². The fourth-order valence-corrected chi connectivity index (χ4v) is 3.52. The first-order valence-corrected chi connectivity index (χ1v) is 9.91. The highest BCUT2D eigenvalue weighted by Crippen LogP contribution is 2.21. The van der Waals surface area contributed by atoms with Crippen LogP contribution in [0.5, 0.6) is 5.75 Å². The van der Waals surface area contributed by atoms with E-state index in [4.69, 9.17) is 4.74 Å². The standard InChI is InChI=1S/C18H21N3O6S/c1-12(2)20-28(25,26)17-9-7-14(8-10-17)19-18(22)13(3)27-16-6-4-5-15(11-16)21(23)24/h4-13,20H,1-3H3,(H,19,22)/t13-/m1/s1. The molecule has 0 spiro atoms. The van der Waals surface area contributed by atoms with Crippen molar-refractivity contribution >= 4 is 27.3 Å². The molecule has 10 heteroatoms. The molecule has 0 heterocycles. The molecule has 150 valence electrons. The summed E-state index contributed by atoms with van der Waals surface area (Å²) >= 11 is 0. The molecule has 0 unspecified atom stereocenters. The lowest BCUT2D eigenvalue weighted by Crippen LogP contribution is -2.31. The van der Waals surface area contributed by atoms with E-state index in [1.807, 2.05) is 0 Å². The second-order valence-corrected chi connectivity index (χ2v) is 8.02. The first kappa shape index (κ1) is 21.3. The summed E-state index contributed by atoms with van der Waals surface area (Å²) in [6.07, 6.45) is -0.923. The van der Waals surface area contributed by atoms with Crippen LogP contribution in [-0.4, -0.2) is 31.4 Å². The van der Waals surface area contributed by atoms with Crippen LogP contribution in [0.1, 0.15) is 20.8 Å². The van der Waals surface area contributed by atoms with Crippen molar-refractivity contribution in [1.82, 2.24) is 4.72 Å². The largest absolute Gasteiger partial charge is 0.481 e. The molecule has 0 aliphatic heterocycles. The van der Waals surface area contributed by atoms with Gasteiger partial charge in [-0.1, -0.05) is 6.07 Å². The molecule has 2 N–H and O–H groups in total. The molecule has 0 bridgehead atoms. The second-order valence-electron chi connectivity index (χ2n) is 6.30. The molecule has 0 aliphatic carbocycles. The lowest BCUT2D eigenvalue weighted by Gasteiger charge is -2.15. The van der Waals surface area contributed by atoms with Crippen LogP contribution in [0, 0.1) is 10.1 Å². The molecular weight excluding hydrogens is 386 g/mol. The van der Waals surface area contributed by atoms with Gasteiger partial charge in [0.1, 0.15) is 5.75 Å². The fraction of sp³-hybridized carbons (Fsp3) is 0.278. The molecular formula is C18H21N3O6S. The summed E-state index contributed by atoms with van der Waals surface area (Å²) in [6.45, 7) is 4.93. The topological polar surface area (TPSA) is 128 Å². The first-order valence-electron chi connectivity index (χ1n) is 8.43. The highest BCUT2D eigenvalue weighted by atomic mass is 32.2. The van der Waals surface area contributed by atoms with Crippen molar-refractivity contribution in [2.24, 2.45) is 0 Å². The summed E-state index contributed by atoms with van der Waals surface area (Å²) in [5, 5.41) is 13.4. The van der Waals surface area contributed by atoms with Crippen molar-refractivity contribution < 1.29 is 22.9 Å². The van der Waals surface area contributed by atoms with Gasteiger partial charge in [-0.3, -0.25) is 14.9 Å². The summed E-state index contributed by atoms with van der Waals surface area (Å²) in [7, 11) is -3.62. The van der Waals surface area contributed by atoms with E-state index in [1.165, 1.54) is 55.5 Å². The maximum absolute atomic E-state index is 12.3. The van der Waals surface area contributed by atoms with Gasteiger partial charge in [0, 0.05) is 17.8 Å². The number of nitro groups is 1. The molecule has 0 radical (unpaired) electrons. The number of ether oxygens (including phenoxy) is 1. The van der Waals surface area contributed by atoms with Crippen molar-refractivity contribution in [3.63, 3.8) is 0 Å². The number of rotatable bonds is 8. The molecule has 1 atom stereocenters. The highest BCUT2D eigenvalue weighted by Gasteiger charge is 2.18. The number of nitrogens with one attached hydrogen (secondary N) is 2. The molecule has 0 fully saturated rings. The fourth-order valence-electron chi connectivity index (χ4n) is 2.27. The molecule has 0 aliphatic rings. The van der Waals surface area contributed by atoms with E-state index < -0.39 is 27.0 Å². The number of non-ortho nitro benzene ring substituents is 1. The predicted molar refractivity (Wildman–Crippen MR) is 104 cm³/mol. The average molecular weight is 407 g/mol. The molecule has 2 aromatic rings. The van der Waals surface area contributed by atoms with E-state index in [0.717, 1.165) is 0 Å². The zero-order valence-electron chi connectivity index (χ0n) is 15.6. The van der Waals surface area contributed by atoms with Crippen molar-refractivity contribution in [3.05, 3.63) is 58.6 Å². The van der Waals surface area contributed by atoms with E-state index in [1.54, 1.807) is 13.8 Å². The van der Waals surface area contributed by atoms with Gasteiger partial charge in [-0.2, -0.15) is 0 Å². The van der Waals surface area contributed by atoms with E-state index in [-0.39, 0.29) is 22.4 Å². The first-order chi connectivity index (χ1) is 13.1. The van der Waals surface area contributed by atoms with Gasteiger partial charge >= 0.3 is 0 Å². The van der Waals surface area contributed by atoms with E-state index in [9.17, 15) is 23.3 Å². The Hall–Kier alpha value is -2.98. The normalized spacial score (nSPS) is 12.4. The Bertz CT molecular complexity index is 958. The Kier molecular flexibility index (Phi) is 6.71. The zero-order valence-corrected chi connectivity index (χ0v) is 16.4. The summed E-state index contributed by atoms with van der Waals surface area (Å²) < 4.78 is 32.1. The smallest absolute Gasteiger partial charge is 0.273 e. The Morgan fingerprint density at radius 1 is 1.11 bits per heavy atom. The van der Waals surface area contributed by atoms with E-state index in [2.05, 4.69) is 10.0 Å². The lowest BCUT2D eigenvalue weighted by atomic mass is 10.3. The van der Waals surface area contributed by atoms with Gasteiger partial charge in [0.05, 0.1) is 15.9 Å². The number of hydrogen-bond acceptors (Lipinski definition) is 6. The lowest BCUT2D eigenvalue weighted by molar-refractivity contribution is -0.384. The molecule has 9 nitrogen and oxygen atoms in total. The quantitative estimate of drug-likeness (QED) is 0.511. The third-order valence-electron chi connectivity index (χ3n) is 3.53. The SMILES string of the molecule is CC(C)NS(=O)(=O)c1ccc(NC(=O)[C@@H](C)Oc2cccc([N+](=O)[O-])c2)cc1. The minimum Gasteiger partial charge on any atom is -0.481 e. The molecule has 0 saturated heterocycles. The number of carbonyl (C=O) groups excluding carboxylic acids is 1. The van der Waals surface area contributed by atoms with Crippen LogP contribution in [-0.2, 0) is 14.8 Å². The molecule has 2 rings (SSSR count). The number of amides is 1. The summed E-state index contributed by atoms with van der Waals surface area (Å²) in [6, 6.07) is 11.0. The maximum Gasteiger partial charge on any atom is 0.273 e. The van der Waals surface area contributed by atoms with Crippen molar-refractivity contribution in [3.8, 4) is 5.75 Å². The monoisotopic (exact) mass is 407 g/mol. The van der Waals surface area contributed by atoms with Gasteiger partial charge in [-0.25, -0.2) is 13.1 Å². The van der Waals surface area contributed by atoms with Crippen LogP contribution >= 0.6 is 0 Å². The van der Waals surface area contributed by atoms with Gasteiger partial charge in [0.2, 0.25) is 10.0 Å². The van der Waals surface area contributed by atoms with Crippen LogP contribution in [0.15, 0.2) is 53.4 Å². The Balaban J connectivity index is 2.02. The molecule has 2 aromatic carbocycles. The minimum atomic E-state index is -3.62. The molecule has 0 saturated carbocycles. The second kappa shape index (κ2) is 8.81. The third kappa shape index (κ3) is 5.76. The van der Waals surface area contributed by atoms with Crippen LogP contribution in [0.3, 0.4) is 0 Å². The maximum atomic E-state index is 12.3. The number of hydrogen-bond donors (Lipinski definition) is 2. The van der Waals surface area contributed by atoms with Gasteiger partial charge in [0.25, 0.3) is 11.6 Å². The zero-order chi connectivity index (χ0) is 20.9. The minimum absolute atomic E-state index is 0.0834. The van der Waals surface area contributed by atoms with Gasteiger partial charge in [-0.15, -0.1) is 0 Å². The van der Waals surface area contributed by atoms with Crippen molar-refractivity contribution in [1.29, 1.82) is 0 Å². The van der Waals surface area contributed by atoms with Crippen LogP contribution in [0.2, 0.25) is 0 Å². The number of nitro benzene ring substituents is 1. The average Bonchev–Trinajstić information content (AvgIpc) is 2.61. The highest BCUT2D eigenvalue weighted by molar-refractivity contribution is 7.89. The summed E-state index contributed by atoms with van der Waals surface area (Å²) in [5.41, 5.74) is 0.250. The molecule has 28 heavy (non-hydrogen) atoms. The summed E-state index contributed by atoms with van der Waals surface area (Å²) in [4.78, 5) is 22.6. The number of nitrogens with zero attached hydrogens (tertiary/aromatic N) is 1. The van der Waals surface area contributed by atoms with Gasteiger partial charge < -0.3 is 10.1 Å². The number of sulfonamides is 1. The summed E-state index contributed by atoms with van der Waals surface area (Å²) in [5.74, 6) is -0.291. The van der Waals surface area contributed by atoms with E-state index >= 15 is 0 Å². The number of anilines is 1.